The molecule has 7 nitrogen and oxygen atoms in total. The van der Waals surface area contributed by atoms with E-state index in [4.69, 9.17) is 14.2 Å². The fourth-order valence-corrected chi connectivity index (χ4v) is 2.59. The lowest BCUT2D eigenvalue weighted by atomic mass is 10.1. The third-order valence-corrected chi connectivity index (χ3v) is 4.00. The van der Waals surface area contributed by atoms with Gasteiger partial charge in [0.1, 0.15) is 11.7 Å². The highest BCUT2D eigenvalue weighted by Crippen LogP contribution is 2.32. The van der Waals surface area contributed by atoms with Crippen molar-refractivity contribution >= 4 is 12.1 Å². The Balaban J connectivity index is 2.28. The topological polar surface area (TPSA) is 85.3 Å². The summed E-state index contributed by atoms with van der Waals surface area (Å²) in [6.45, 7) is 5.64. The van der Waals surface area contributed by atoms with E-state index in [-0.39, 0.29) is 12.1 Å². The van der Waals surface area contributed by atoms with Gasteiger partial charge in [-0.15, -0.1) is 0 Å². The number of carbonyl (C=O) groups excluding carboxylic acids is 1. The maximum absolute atomic E-state index is 12.4. The van der Waals surface area contributed by atoms with Crippen molar-refractivity contribution in [3.8, 4) is 11.5 Å². The number of methoxy groups -OCH3 is 1. The van der Waals surface area contributed by atoms with Crippen molar-refractivity contribution in [2.24, 2.45) is 0 Å². The molecule has 0 heterocycles. The van der Waals surface area contributed by atoms with E-state index >= 15 is 0 Å². The van der Waals surface area contributed by atoms with E-state index in [1.54, 1.807) is 33.9 Å². The van der Waals surface area contributed by atoms with E-state index in [9.17, 15) is 14.7 Å². The van der Waals surface area contributed by atoms with E-state index in [1.165, 1.54) is 24.1 Å². The van der Waals surface area contributed by atoms with Crippen molar-refractivity contribution in [3.05, 3.63) is 59.7 Å². The molecule has 0 saturated carbocycles. The Kier molecular flexibility index (Phi) is 7.09. The third-order valence-electron chi connectivity index (χ3n) is 4.00. The molecule has 1 unspecified atom stereocenters. The molecule has 7 heteroatoms. The Morgan fingerprint density at radius 3 is 2.28 bits per heavy atom. The van der Waals surface area contributed by atoms with Gasteiger partial charge in [-0.2, -0.15) is 0 Å². The van der Waals surface area contributed by atoms with Crippen LogP contribution in [0.2, 0.25) is 0 Å². The lowest BCUT2D eigenvalue weighted by Crippen LogP contribution is -2.37. The number of hydrogen-bond donors (Lipinski definition) is 1. The van der Waals surface area contributed by atoms with Gasteiger partial charge in [0, 0.05) is 7.05 Å². The molecular formula is C22H27NO6. The van der Waals surface area contributed by atoms with Crippen molar-refractivity contribution < 1.29 is 28.9 Å². The molecule has 2 aromatic carbocycles. The van der Waals surface area contributed by atoms with Crippen LogP contribution < -0.4 is 9.47 Å². The number of rotatable bonds is 7. The summed E-state index contributed by atoms with van der Waals surface area (Å²) >= 11 is 0. The van der Waals surface area contributed by atoms with E-state index < -0.39 is 23.8 Å². The van der Waals surface area contributed by atoms with E-state index in [2.05, 4.69) is 0 Å². The van der Waals surface area contributed by atoms with Crippen LogP contribution >= 0.6 is 0 Å². The zero-order chi connectivity index (χ0) is 21.6. The summed E-state index contributed by atoms with van der Waals surface area (Å²) in [7, 11) is 3.08. The molecule has 156 valence electrons. The number of carbonyl (C=O) groups is 2. The number of ether oxygens (including phenoxy) is 3. The average Bonchev–Trinajstić information content (AvgIpc) is 2.66. The Labute approximate surface area is 170 Å². The van der Waals surface area contributed by atoms with Crippen molar-refractivity contribution in [3.63, 3.8) is 0 Å². The number of carboxylic acids is 1. The van der Waals surface area contributed by atoms with Gasteiger partial charge in [-0.3, -0.25) is 0 Å². The SMILES string of the molecule is COc1cc(C(=O)O)ccc1OC(CN(C)C(=O)OC(C)(C)C)c1ccccc1. The molecular weight excluding hydrogens is 374 g/mol. The quantitative estimate of drug-likeness (QED) is 0.741. The Bertz CT molecular complexity index is 844. The minimum absolute atomic E-state index is 0.0938. The zero-order valence-electron chi connectivity index (χ0n) is 17.3. The van der Waals surface area contributed by atoms with Gasteiger partial charge in [0.25, 0.3) is 0 Å². The predicted molar refractivity (Wildman–Crippen MR) is 109 cm³/mol. The largest absolute Gasteiger partial charge is 0.493 e. The van der Waals surface area contributed by atoms with Crippen LogP contribution in [0, 0.1) is 0 Å². The summed E-state index contributed by atoms with van der Waals surface area (Å²) in [5, 5.41) is 9.17. The second-order valence-corrected chi connectivity index (χ2v) is 7.55. The Morgan fingerprint density at radius 1 is 1.07 bits per heavy atom. The fraction of sp³-hybridized carbons (Fsp3) is 0.364. The number of hydrogen-bond acceptors (Lipinski definition) is 5. The molecule has 0 fully saturated rings. The number of benzene rings is 2. The smallest absolute Gasteiger partial charge is 0.410 e. The molecule has 0 aliphatic rings. The van der Waals surface area contributed by atoms with Crippen LogP contribution in [-0.4, -0.2) is 48.4 Å². The number of carboxylic acid groups (broad SMARTS) is 1. The average molecular weight is 401 g/mol. The summed E-state index contributed by atoms with van der Waals surface area (Å²) in [4.78, 5) is 25.0. The van der Waals surface area contributed by atoms with Crippen LogP contribution in [0.3, 0.4) is 0 Å². The minimum Gasteiger partial charge on any atom is -0.493 e. The van der Waals surface area contributed by atoms with E-state index in [0.29, 0.717) is 11.5 Å². The van der Waals surface area contributed by atoms with Gasteiger partial charge in [-0.1, -0.05) is 30.3 Å². The van der Waals surface area contributed by atoms with Gasteiger partial charge < -0.3 is 24.2 Å². The summed E-state index contributed by atoms with van der Waals surface area (Å²) in [5.74, 6) is -0.381. The maximum Gasteiger partial charge on any atom is 0.410 e. The standard InChI is InChI=1S/C22H27NO6/c1-22(2,3)29-21(26)23(4)14-19(15-9-7-6-8-10-15)28-17-12-11-16(20(24)25)13-18(17)27-5/h6-13,19H,14H2,1-5H3,(H,24,25). The molecule has 0 aliphatic carbocycles. The molecule has 0 aromatic heterocycles. The lowest BCUT2D eigenvalue weighted by molar-refractivity contribution is 0.0224. The molecule has 0 saturated heterocycles. The van der Waals surface area contributed by atoms with Crippen molar-refractivity contribution in [2.75, 3.05) is 20.7 Å². The minimum atomic E-state index is -1.06. The number of nitrogens with zero attached hydrogens (tertiary/aromatic N) is 1. The van der Waals surface area contributed by atoms with Gasteiger partial charge in [-0.25, -0.2) is 9.59 Å². The molecule has 0 bridgehead atoms. The number of amides is 1. The van der Waals surface area contributed by atoms with Crippen LogP contribution in [-0.2, 0) is 4.74 Å². The fourth-order valence-electron chi connectivity index (χ4n) is 2.59. The second kappa shape index (κ2) is 9.32. The van der Waals surface area contributed by atoms with E-state index in [0.717, 1.165) is 5.56 Å². The first-order valence-corrected chi connectivity index (χ1v) is 9.17. The van der Waals surface area contributed by atoms with Crippen LogP contribution in [0.4, 0.5) is 4.79 Å². The van der Waals surface area contributed by atoms with E-state index in [1.807, 2.05) is 30.3 Å². The van der Waals surface area contributed by atoms with Crippen LogP contribution in [0.15, 0.2) is 48.5 Å². The van der Waals surface area contributed by atoms with Crippen molar-refractivity contribution in [1.29, 1.82) is 0 Å². The molecule has 2 rings (SSSR count). The molecule has 1 N–H and O–H groups in total. The van der Waals surface area contributed by atoms with Gasteiger partial charge in [-0.05, 0) is 44.5 Å². The van der Waals surface area contributed by atoms with Crippen LogP contribution in [0.25, 0.3) is 0 Å². The van der Waals surface area contributed by atoms with Gasteiger partial charge in [0.05, 0.1) is 19.2 Å². The molecule has 29 heavy (non-hydrogen) atoms. The first-order valence-electron chi connectivity index (χ1n) is 9.17. The first-order chi connectivity index (χ1) is 13.6. The molecule has 0 radical (unpaired) electrons. The highest BCUT2D eigenvalue weighted by atomic mass is 16.6. The highest BCUT2D eigenvalue weighted by Gasteiger charge is 2.24. The molecule has 2 aromatic rings. The van der Waals surface area contributed by atoms with Gasteiger partial charge in [0.15, 0.2) is 11.5 Å². The zero-order valence-corrected chi connectivity index (χ0v) is 17.3. The first kappa shape index (κ1) is 22.1. The number of likely N-dealkylation sites (N-methyl/N-ethyl adjacent to an activating group) is 1. The normalized spacial score (nSPS) is 12.0. The molecule has 1 atom stereocenters. The summed E-state index contributed by atoms with van der Waals surface area (Å²) in [5.41, 5.74) is 0.341. The molecule has 0 aliphatic heterocycles. The maximum atomic E-state index is 12.4. The second-order valence-electron chi connectivity index (χ2n) is 7.55. The lowest BCUT2D eigenvalue weighted by Gasteiger charge is -2.28. The van der Waals surface area contributed by atoms with Gasteiger partial charge in [0.2, 0.25) is 0 Å². The van der Waals surface area contributed by atoms with Gasteiger partial charge >= 0.3 is 12.1 Å². The Morgan fingerprint density at radius 2 is 1.72 bits per heavy atom. The highest BCUT2D eigenvalue weighted by molar-refractivity contribution is 5.88. The van der Waals surface area contributed by atoms with Crippen molar-refractivity contribution in [1.82, 2.24) is 4.90 Å². The third kappa shape index (κ3) is 6.41. The monoisotopic (exact) mass is 401 g/mol. The summed E-state index contributed by atoms with van der Waals surface area (Å²) in [6, 6.07) is 13.8. The van der Waals surface area contributed by atoms with Crippen molar-refractivity contribution in [2.45, 2.75) is 32.5 Å². The summed E-state index contributed by atoms with van der Waals surface area (Å²) < 4.78 is 16.9. The van der Waals surface area contributed by atoms with Crippen LogP contribution in [0.1, 0.15) is 42.8 Å². The number of aromatic carboxylic acids is 1. The predicted octanol–water partition coefficient (Wildman–Crippen LogP) is 4.38. The Hall–Kier alpha value is -3.22. The van der Waals surface area contributed by atoms with Crippen LogP contribution in [0.5, 0.6) is 11.5 Å². The molecule has 0 spiro atoms. The summed E-state index contributed by atoms with van der Waals surface area (Å²) in [6.07, 6.45) is -0.978. The molecule has 1 amide bonds.